The minimum Gasteiger partial charge on any atom is -0.460 e. The van der Waals surface area contributed by atoms with E-state index in [9.17, 15) is 22.8 Å². The lowest BCUT2D eigenvalue weighted by Crippen LogP contribution is -2.55. The highest BCUT2D eigenvalue weighted by molar-refractivity contribution is 5.78. The van der Waals surface area contributed by atoms with E-state index >= 15 is 0 Å². The Morgan fingerprint density at radius 1 is 1.21 bits per heavy atom. The van der Waals surface area contributed by atoms with Gasteiger partial charge >= 0.3 is 12.1 Å². The topological polar surface area (TPSA) is 46.6 Å². The molecule has 1 saturated carbocycles. The van der Waals surface area contributed by atoms with Crippen LogP contribution in [0.4, 0.5) is 13.2 Å². The Morgan fingerprint density at radius 3 is 2.38 bits per heavy atom. The van der Waals surface area contributed by atoms with Gasteiger partial charge in [0.25, 0.3) is 0 Å². The summed E-state index contributed by atoms with van der Waals surface area (Å²) in [6, 6.07) is -0.468. The van der Waals surface area contributed by atoms with Crippen molar-refractivity contribution in [1.29, 1.82) is 0 Å². The monoisotopic (exact) mass is 349 g/mol. The van der Waals surface area contributed by atoms with Crippen molar-refractivity contribution in [1.82, 2.24) is 4.90 Å². The molecular formula is C17H26F3NO3. The first-order chi connectivity index (χ1) is 10.9. The molecule has 2 fully saturated rings. The maximum Gasteiger partial charge on any atom is 0.397 e. The standard InChI is InChI=1S/C17H26F3NO3/c1-10(24-15(23)16(2,3)4)14-12-6-5-11(7-12)9-21(14)13(22)8-17(18,19)20/h10-12,14H,5-9H2,1-4H3/t10-,11?,12+,14?/m0/s1. The van der Waals surface area contributed by atoms with Gasteiger partial charge in [-0.05, 0) is 58.8 Å². The average molecular weight is 349 g/mol. The van der Waals surface area contributed by atoms with Crippen LogP contribution in [0.2, 0.25) is 0 Å². The van der Waals surface area contributed by atoms with Crippen LogP contribution in [0.5, 0.6) is 0 Å². The first-order valence-corrected chi connectivity index (χ1v) is 8.46. The van der Waals surface area contributed by atoms with E-state index < -0.39 is 42.0 Å². The third-order valence-electron chi connectivity index (χ3n) is 4.94. The number of hydrogen-bond donors (Lipinski definition) is 0. The number of hydrogen-bond acceptors (Lipinski definition) is 3. The minimum atomic E-state index is -4.52. The highest BCUT2D eigenvalue weighted by atomic mass is 19.4. The Hall–Kier alpha value is -1.27. The molecule has 1 aliphatic carbocycles. The molecule has 24 heavy (non-hydrogen) atoms. The zero-order valence-corrected chi connectivity index (χ0v) is 14.7. The predicted molar refractivity (Wildman–Crippen MR) is 82.0 cm³/mol. The van der Waals surface area contributed by atoms with E-state index in [1.165, 1.54) is 4.90 Å². The van der Waals surface area contributed by atoms with E-state index in [-0.39, 0.29) is 11.8 Å². The quantitative estimate of drug-likeness (QED) is 0.732. The number of nitrogens with zero attached hydrogens (tertiary/aromatic N) is 1. The third-order valence-corrected chi connectivity index (χ3v) is 4.94. The van der Waals surface area contributed by atoms with Gasteiger partial charge in [-0.15, -0.1) is 0 Å². The van der Waals surface area contributed by atoms with E-state index in [4.69, 9.17) is 4.74 Å². The average Bonchev–Trinajstić information content (AvgIpc) is 2.76. The van der Waals surface area contributed by atoms with Crippen molar-refractivity contribution >= 4 is 11.9 Å². The maximum absolute atomic E-state index is 12.6. The summed E-state index contributed by atoms with van der Waals surface area (Å²) in [5, 5.41) is 0. The lowest BCUT2D eigenvalue weighted by atomic mass is 9.87. The van der Waals surface area contributed by atoms with Crippen LogP contribution in [0.25, 0.3) is 0 Å². The van der Waals surface area contributed by atoms with Crippen molar-refractivity contribution in [2.24, 2.45) is 17.3 Å². The Kier molecular flexibility index (Phi) is 5.21. The molecule has 4 atom stereocenters. The van der Waals surface area contributed by atoms with E-state index in [1.807, 2.05) is 0 Å². The SMILES string of the molecule is C[C@H](OC(=O)C(C)(C)C)C1[C@@H]2CCC(C2)CN1C(=O)CC(F)(F)F. The van der Waals surface area contributed by atoms with Crippen molar-refractivity contribution in [2.75, 3.05) is 6.54 Å². The molecular weight excluding hydrogens is 323 g/mol. The number of likely N-dealkylation sites (tertiary alicyclic amines) is 1. The summed E-state index contributed by atoms with van der Waals surface area (Å²) in [5.74, 6) is -0.959. The second kappa shape index (κ2) is 6.56. The summed E-state index contributed by atoms with van der Waals surface area (Å²) in [7, 11) is 0. The van der Waals surface area contributed by atoms with Gasteiger partial charge in [0.15, 0.2) is 0 Å². The number of halogens is 3. The smallest absolute Gasteiger partial charge is 0.397 e. The van der Waals surface area contributed by atoms with E-state index in [1.54, 1.807) is 27.7 Å². The fraction of sp³-hybridized carbons (Fsp3) is 0.882. The molecule has 7 heteroatoms. The number of carbonyl (C=O) groups is 2. The van der Waals surface area contributed by atoms with Gasteiger partial charge in [-0.1, -0.05) is 0 Å². The van der Waals surface area contributed by atoms with Crippen molar-refractivity contribution in [2.45, 2.75) is 71.7 Å². The molecule has 0 N–H and O–H groups in total. The predicted octanol–water partition coefficient (Wildman–Crippen LogP) is 3.54. The van der Waals surface area contributed by atoms with Crippen LogP contribution in [0, 0.1) is 17.3 Å². The summed E-state index contributed by atoms with van der Waals surface area (Å²) in [6.07, 6.45) is -3.93. The minimum absolute atomic E-state index is 0.101. The van der Waals surface area contributed by atoms with Gasteiger partial charge in [0, 0.05) is 6.54 Å². The number of ether oxygens (including phenoxy) is 1. The summed E-state index contributed by atoms with van der Waals surface area (Å²) in [4.78, 5) is 25.6. The van der Waals surface area contributed by atoms with Crippen LogP contribution in [0.15, 0.2) is 0 Å². The highest BCUT2D eigenvalue weighted by Crippen LogP contribution is 2.43. The van der Waals surface area contributed by atoms with Crippen molar-refractivity contribution in [3.8, 4) is 0 Å². The number of piperidine rings is 1. The Bertz CT molecular complexity index is 498. The van der Waals surface area contributed by atoms with Crippen LogP contribution in [0.1, 0.15) is 53.4 Å². The van der Waals surface area contributed by atoms with Gasteiger partial charge in [0.1, 0.15) is 12.5 Å². The molecule has 1 saturated heterocycles. The van der Waals surface area contributed by atoms with Gasteiger partial charge < -0.3 is 9.64 Å². The number of fused-ring (bicyclic) bond motifs is 2. The third kappa shape index (κ3) is 4.42. The van der Waals surface area contributed by atoms with Crippen molar-refractivity contribution in [3.63, 3.8) is 0 Å². The molecule has 0 aromatic heterocycles. The molecule has 0 aromatic carbocycles. The number of esters is 1. The van der Waals surface area contributed by atoms with Crippen molar-refractivity contribution < 1.29 is 27.5 Å². The number of carbonyl (C=O) groups excluding carboxylic acids is 2. The summed E-state index contributed by atoms with van der Waals surface area (Å²) < 4.78 is 43.4. The number of rotatable bonds is 3. The molecule has 2 bridgehead atoms. The van der Waals surface area contributed by atoms with E-state index in [0.29, 0.717) is 6.54 Å². The first kappa shape index (κ1) is 19.1. The molecule has 0 spiro atoms. The van der Waals surface area contributed by atoms with E-state index in [0.717, 1.165) is 19.3 Å². The van der Waals surface area contributed by atoms with Gasteiger partial charge in [-0.2, -0.15) is 13.2 Å². The van der Waals surface area contributed by atoms with E-state index in [2.05, 4.69) is 0 Å². The summed E-state index contributed by atoms with van der Waals surface area (Å²) >= 11 is 0. The summed E-state index contributed by atoms with van der Waals surface area (Å²) in [6.45, 7) is 7.18. The highest BCUT2D eigenvalue weighted by Gasteiger charge is 2.47. The van der Waals surface area contributed by atoms with Crippen LogP contribution in [-0.4, -0.2) is 41.6 Å². The molecule has 4 nitrogen and oxygen atoms in total. The number of alkyl halides is 3. The fourth-order valence-electron chi connectivity index (χ4n) is 3.84. The molecule has 0 radical (unpaired) electrons. The first-order valence-electron chi connectivity index (χ1n) is 8.46. The second-order valence-corrected chi connectivity index (χ2v) is 8.13. The molecule has 1 aliphatic heterocycles. The molecule has 2 rings (SSSR count). The molecule has 1 amide bonds. The lowest BCUT2D eigenvalue weighted by Gasteiger charge is -2.43. The van der Waals surface area contributed by atoms with Gasteiger partial charge in [-0.3, -0.25) is 9.59 Å². The molecule has 1 heterocycles. The van der Waals surface area contributed by atoms with Crippen molar-refractivity contribution in [3.05, 3.63) is 0 Å². The zero-order valence-electron chi connectivity index (χ0n) is 14.7. The Labute approximate surface area is 140 Å². The Balaban J connectivity index is 2.15. The molecule has 2 aliphatic rings. The Morgan fingerprint density at radius 2 is 1.83 bits per heavy atom. The fourth-order valence-corrected chi connectivity index (χ4v) is 3.84. The molecule has 2 unspecified atom stereocenters. The van der Waals surface area contributed by atoms with Crippen LogP contribution in [-0.2, 0) is 14.3 Å². The van der Waals surface area contributed by atoms with Crippen LogP contribution in [0.3, 0.4) is 0 Å². The van der Waals surface area contributed by atoms with Crippen LogP contribution < -0.4 is 0 Å². The molecule has 138 valence electrons. The van der Waals surface area contributed by atoms with Crippen LogP contribution >= 0.6 is 0 Å². The zero-order chi connectivity index (χ0) is 18.3. The summed E-state index contributed by atoms with van der Waals surface area (Å²) in [5.41, 5.74) is -0.693. The normalized spacial score (nSPS) is 28.6. The van der Waals surface area contributed by atoms with Gasteiger partial charge in [0.2, 0.25) is 5.91 Å². The number of amides is 1. The lowest BCUT2D eigenvalue weighted by molar-refractivity contribution is -0.175. The molecule has 0 aromatic rings. The second-order valence-electron chi connectivity index (χ2n) is 8.13. The van der Waals surface area contributed by atoms with Gasteiger partial charge in [-0.25, -0.2) is 0 Å². The van der Waals surface area contributed by atoms with Gasteiger partial charge in [0.05, 0.1) is 11.5 Å². The maximum atomic E-state index is 12.6. The largest absolute Gasteiger partial charge is 0.460 e.